The third-order valence-corrected chi connectivity index (χ3v) is 3.15. The van der Waals surface area contributed by atoms with E-state index in [4.69, 9.17) is 11.0 Å². The summed E-state index contributed by atoms with van der Waals surface area (Å²) >= 11 is 3.30. The molecule has 0 aliphatic carbocycles. The normalized spacial score (nSPS) is 12.0. The lowest BCUT2D eigenvalue weighted by atomic mass is 10.0. The molecule has 0 bridgehead atoms. The van der Waals surface area contributed by atoms with Crippen LogP contribution < -0.4 is 11.1 Å². The highest BCUT2D eigenvalue weighted by molar-refractivity contribution is 9.10. The first-order valence-corrected chi connectivity index (χ1v) is 6.48. The van der Waals surface area contributed by atoms with Crippen molar-refractivity contribution >= 4 is 27.5 Å². The topological polar surface area (TPSA) is 78.9 Å². The summed E-state index contributed by atoms with van der Waals surface area (Å²) in [5.41, 5.74) is 6.78. The van der Waals surface area contributed by atoms with Gasteiger partial charge < -0.3 is 11.1 Å². The standard InChI is InChI=1S/C13H16BrN3O/c1-8(2)11(16)6-13(18)17-12-5-10(14)4-3-9(12)7-15/h3-5,8,11H,6,16H2,1-2H3,(H,17,18). The Kier molecular flexibility index (Phi) is 5.32. The molecule has 0 spiro atoms. The molecule has 5 heteroatoms. The fourth-order valence-corrected chi connectivity index (χ4v) is 1.73. The lowest BCUT2D eigenvalue weighted by molar-refractivity contribution is -0.116. The number of amides is 1. The molecular weight excluding hydrogens is 294 g/mol. The quantitative estimate of drug-likeness (QED) is 0.897. The van der Waals surface area contributed by atoms with Gasteiger partial charge in [-0.1, -0.05) is 29.8 Å². The number of nitrogens with two attached hydrogens (primary N) is 1. The Bertz CT molecular complexity index is 480. The van der Waals surface area contributed by atoms with E-state index >= 15 is 0 Å². The third kappa shape index (κ3) is 4.13. The number of nitrogens with zero attached hydrogens (tertiary/aromatic N) is 1. The molecule has 0 radical (unpaired) electrons. The Hall–Kier alpha value is -1.38. The van der Waals surface area contributed by atoms with E-state index in [1.165, 1.54) is 0 Å². The molecular formula is C13H16BrN3O. The minimum atomic E-state index is -0.178. The van der Waals surface area contributed by atoms with E-state index in [2.05, 4.69) is 21.2 Å². The van der Waals surface area contributed by atoms with Crippen molar-refractivity contribution in [3.63, 3.8) is 0 Å². The summed E-state index contributed by atoms with van der Waals surface area (Å²) < 4.78 is 0.810. The van der Waals surface area contributed by atoms with Gasteiger partial charge in [-0.05, 0) is 24.1 Å². The Morgan fingerprint density at radius 1 is 1.56 bits per heavy atom. The average Bonchev–Trinajstić information content (AvgIpc) is 2.28. The predicted octanol–water partition coefficient (Wildman–Crippen LogP) is 2.63. The van der Waals surface area contributed by atoms with Gasteiger partial charge in [0.25, 0.3) is 0 Å². The van der Waals surface area contributed by atoms with Crippen molar-refractivity contribution in [2.75, 3.05) is 5.32 Å². The zero-order valence-electron chi connectivity index (χ0n) is 10.4. The zero-order chi connectivity index (χ0) is 13.7. The summed E-state index contributed by atoms with van der Waals surface area (Å²) in [5, 5.41) is 11.7. The summed E-state index contributed by atoms with van der Waals surface area (Å²) in [6, 6.07) is 6.98. The van der Waals surface area contributed by atoms with Crippen LogP contribution in [-0.2, 0) is 4.79 Å². The number of anilines is 1. The van der Waals surface area contributed by atoms with Crippen LogP contribution in [0.3, 0.4) is 0 Å². The van der Waals surface area contributed by atoms with Crippen LogP contribution in [0.2, 0.25) is 0 Å². The molecule has 0 aromatic heterocycles. The maximum absolute atomic E-state index is 11.8. The maximum atomic E-state index is 11.8. The molecule has 1 atom stereocenters. The highest BCUT2D eigenvalue weighted by Crippen LogP contribution is 2.21. The third-order valence-electron chi connectivity index (χ3n) is 2.65. The molecule has 18 heavy (non-hydrogen) atoms. The van der Waals surface area contributed by atoms with E-state index in [0.717, 1.165) is 4.47 Å². The predicted molar refractivity (Wildman–Crippen MR) is 74.9 cm³/mol. The summed E-state index contributed by atoms with van der Waals surface area (Å²) in [7, 11) is 0. The van der Waals surface area contributed by atoms with Gasteiger partial charge in [0.2, 0.25) is 5.91 Å². The molecule has 0 heterocycles. The van der Waals surface area contributed by atoms with Crippen molar-refractivity contribution in [2.45, 2.75) is 26.3 Å². The molecule has 3 N–H and O–H groups in total. The van der Waals surface area contributed by atoms with Crippen molar-refractivity contribution in [3.8, 4) is 6.07 Å². The first-order chi connectivity index (χ1) is 8.43. The second-order valence-electron chi connectivity index (χ2n) is 4.46. The van der Waals surface area contributed by atoms with Crippen LogP contribution in [-0.4, -0.2) is 11.9 Å². The molecule has 1 aromatic carbocycles. The van der Waals surface area contributed by atoms with E-state index in [-0.39, 0.29) is 24.3 Å². The minimum absolute atomic E-state index is 0.175. The molecule has 0 saturated heterocycles. The van der Waals surface area contributed by atoms with E-state index in [0.29, 0.717) is 11.3 Å². The number of carbonyl (C=O) groups excluding carboxylic acids is 1. The van der Waals surface area contributed by atoms with Crippen molar-refractivity contribution in [1.82, 2.24) is 0 Å². The molecule has 96 valence electrons. The van der Waals surface area contributed by atoms with Gasteiger partial charge in [0.05, 0.1) is 11.3 Å². The van der Waals surface area contributed by atoms with Crippen LogP contribution in [0.4, 0.5) is 5.69 Å². The largest absolute Gasteiger partial charge is 0.327 e. The van der Waals surface area contributed by atoms with Gasteiger partial charge in [-0.25, -0.2) is 0 Å². The van der Waals surface area contributed by atoms with Gasteiger partial charge in [0, 0.05) is 16.9 Å². The average molecular weight is 310 g/mol. The maximum Gasteiger partial charge on any atom is 0.225 e. The fraction of sp³-hybridized carbons (Fsp3) is 0.385. The molecule has 1 rings (SSSR count). The van der Waals surface area contributed by atoms with Crippen LogP contribution in [0.15, 0.2) is 22.7 Å². The highest BCUT2D eigenvalue weighted by Gasteiger charge is 2.14. The monoisotopic (exact) mass is 309 g/mol. The molecule has 0 aliphatic rings. The smallest absolute Gasteiger partial charge is 0.225 e. The lowest BCUT2D eigenvalue weighted by Crippen LogP contribution is -2.31. The van der Waals surface area contributed by atoms with E-state index in [1.54, 1.807) is 18.2 Å². The first kappa shape index (κ1) is 14.7. The second-order valence-corrected chi connectivity index (χ2v) is 5.38. The number of halogens is 1. The number of carbonyl (C=O) groups is 1. The fourth-order valence-electron chi connectivity index (χ4n) is 1.37. The van der Waals surface area contributed by atoms with E-state index in [9.17, 15) is 4.79 Å². The Balaban J connectivity index is 2.76. The number of nitriles is 1. The van der Waals surface area contributed by atoms with Gasteiger partial charge in [0.1, 0.15) is 6.07 Å². The number of nitrogens with one attached hydrogen (secondary N) is 1. The number of hydrogen-bond acceptors (Lipinski definition) is 3. The molecule has 0 aliphatic heterocycles. The van der Waals surface area contributed by atoms with Crippen molar-refractivity contribution in [2.24, 2.45) is 11.7 Å². The van der Waals surface area contributed by atoms with Crippen LogP contribution in [0.5, 0.6) is 0 Å². The van der Waals surface area contributed by atoms with E-state index in [1.807, 2.05) is 19.9 Å². The van der Waals surface area contributed by atoms with Crippen LogP contribution in [0, 0.1) is 17.2 Å². The number of benzene rings is 1. The highest BCUT2D eigenvalue weighted by atomic mass is 79.9. The lowest BCUT2D eigenvalue weighted by Gasteiger charge is -2.15. The summed E-state index contributed by atoms with van der Waals surface area (Å²) in [4.78, 5) is 11.8. The zero-order valence-corrected chi connectivity index (χ0v) is 12.0. The van der Waals surface area contributed by atoms with Crippen LogP contribution in [0.1, 0.15) is 25.8 Å². The van der Waals surface area contributed by atoms with Crippen molar-refractivity contribution in [3.05, 3.63) is 28.2 Å². The summed E-state index contributed by atoms with van der Waals surface area (Å²) in [6.45, 7) is 3.94. The number of rotatable bonds is 4. The van der Waals surface area contributed by atoms with Crippen LogP contribution in [0.25, 0.3) is 0 Å². The van der Waals surface area contributed by atoms with Crippen LogP contribution >= 0.6 is 15.9 Å². The van der Waals surface area contributed by atoms with Gasteiger partial charge in [0.15, 0.2) is 0 Å². The number of hydrogen-bond donors (Lipinski definition) is 2. The Labute approximate surface area is 115 Å². The van der Waals surface area contributed by atoms with Crippen molar-refractivity contribution in [1.29, 1.82) is 5.26 Å². The minimum Gasteiger partial charge on any atom is -0.327 e. The van der Waals surface area contributed by atoms with E-state index < -0.39 is 0 Å². The molecule has 0 fully saturated rings. The van der Waals surface area contributed by atoms with Gasteiger partial charge in [-0.15, -0.1) is 0 Å². The Morgan fingerprint density at radius 3 is 2.78 bits per heavy atom. The summed E-state index contributed by atoms with van der Waals surface area (Å²) in [5.74, 6) is 0.0690. The first-order valence-electron chi connectivity index (χ1n) is 5.69. The SMILES string of the molecule is CC(C)C(N)CC(=O)Nc1cc(Br)ccc1C#N. The van der Waals surface area contributed by atoms with Gasteiger partial charge in [-0.2, -0.15) is 5.26 Å². The van der Waals surface area contributed by atoms with Crippen molar-refractivity contribution < 1.29 is 4.79 Å². The molecule has 1 unspecified atom stereocenters. The molecule has 4 nitrogen and oxygen atoms in total. The molecule has 1 amide bonds. The van der Waals surface area contributed by atoms with Gasteiger partial charge in [-0.3, -0.25) is 4.79 Å². The molecule has 0 saturated carbocycles. The molecule has 1 aromatic rings. The Morgan fingerprint density at radius 2 is 2.22 bits per heavy atom. The summed E-state index contributed by atoms with van der Waals surface area (Å²) in [6.07, 6.45) is 0.245. The second kappa shape index (κ2) is 6.53. The van der Waals surface area contributed by atoms with Gasteiger partial charge >= 0.3 is 0 Å².